The molecule has 2 aliphatic rings. The number of nitrogens with zero attached hydrogens (tertiary/aromatic N) is 1. The summed E-state index contributed by atoms with van der Waals surface area (Å²) in [5.74, 6) is -0.237. The molecule has 2 fully saturated rings. The zero-order chi connectivity index (χ0) is 13.8. The maximum atomic E-state index is 11.3. The maximum Gasteiger partial charge on any atom is 0.308 e. The minimum Gasteiger partial charge on any atom is -0.469 e. The lowest BCUT2D eigenvalue weighted by molar-refractivity contribution is -0.147. The third-order valence-corrected chi connectivity index (χ3v) is 3.96. The van der Waals surface area contributed by atoms with E-state index in [1.54, 1.807) is 0 Å². The van der Waals surface area contributed by atoms with E-state index in [1.807, 2.05) is 0 Å². The van der Waals surface area contributed by atoms with E-state index in [0.29, 0.717) is 18.7 Å². The van der Waals surface area contributed by atoms with Crippen LogP contribution in [0, 0.1) is 0 Å². The number of piperidine rings is 1. The standard InChI is InChI=1S/C14H25NO4/c1-10(2)15-7-5-4-6-12(15)14-18-9-11(19-14)8-13(16)17-3/h10-12,14H,4-9H2,1-3H3. The molecule has 0 spiro atoms. The largest absolute Gasteiger partial charge is 0.469 e. The number of carbonyl (C=O) groups is 1. The van der Waals surface area contributed by atoms with Gasteiger partial charge in [-0.25, -0.2) is 0 Å². The Labute approximate surface area is 115 Å². The summed E-state index contributed by atoms with van der Waals surface area (Å²) in [5, 5.41) is 0. The molecule has 0 aromatic rings. The van der Waals surface area contributed by atoms with Crippen molar-refractivity contribution >= 4 is 5.97 Å². The second-order valence-corrected chi connectivity index (χ2v) is 5.63. The van der Waals surface area contributed by atoms with E-state index in [4.69, 9.17) is 9.47 Å². The summed E-state index contributed by atoms with van der Waals surface area (Å²) in [6.45, 7) is 6.01. The molecule has 0 amide bonds. The quantitative estimate of drug-likeness (QED) is 0.726. The van der Waals surface area contributed by atoms with Crippen LogP contribution in [0.25, 0.3) is 0 Å². The molecule has 0 aromatic heterocycles. The van der Waals surface area contributed by atoms with Crippen LogP contribution in [-0.2, 0) is 19.0 Å². The monoisotopic (exact) mass is 271 g/mol. The van der Waals surface area contributed by atoms with Crippen LogP contribution in [0.5, 0.6) is 0 Å². The molecule has 0 saturated carbocycles. The molecule has 0 N–H and O–H groups in total. The van der Waals surface area contributed by atoms with E-state index in [9.17, 15) is 4.79 Å². The van der Waals surface area contributed by atoms with Gasteiger partial charge < -0.3 is 14.2 Å². The highest BCUT2D eigenvalue weighted by atomic mass is 16.7. The van der Waals surface area contributed by atoms with E-state index in [0.717, 1.165) is 13.0 Å². The number of methoxy groups -OCH3 is 1. The molecule has 2 rings (SSSR count). The fourth-order valence-corrected chi connectivity index (χ4v) is 2.96. The van der Waals surface area contributed by atoms with Gasteiger partial charge >= 0.3 is 5.97 Å². The number of hydrogen-bond donors (Lipinski definition) is 0. The summed E-state index contributed by atoms with van der Waals surface area (Å²) in [4.78, 5) is 13.7. The second-order valence-electron chi connectivity index (χ2n) is 5.63. The van der Waals surface area contributed by atoms with Crippen LogP contribution >= 0.6 is 0 Å². The Morgan fingerprint density at radius 1 is 1.42 bits per heavy atom. The minimum atomic E-state index is -0.237. The van der Waals surface area contributed by atoms with E-state index >= 15 is 0 Å². The van der Waals surface area contributed by atoms with Crippen molar-refractivity contribution in [2.75, 3.05) is 20.3 Å². The van der Waals surface area contributed by atoms with Crippen LogP contribution in [0.2, 0.25) is 0 Å². The van der Waals surface area contributed by atoms with Gasteiger partial charge in [-0.1, -0.05) is 6.42 Å². The third kappa shape index (κ3) is 3.68. The zero-order valence-corrected chi connectivity index (χ0v) is 12.1. The highest BCUT2D eigenvalue weighted by Gasteiger charge is 2.38. The molecule has 2 aliphatic heterocycles. The topological polar surface area (TPSA) is 48.0 Å². The Morgan fingerprint density at radius 3 is 2.89 bits per heavy atom. The van der Waals surface area contributed by atoms with Crippen molar-refractivity contribution < 1.29 is 19.0 Å². The van der Waals surface area contributed by atoms with Gasteiger partial charge in [0.25, 0.3) is 0 Å². The molecule has 0 bridgehead atoms. The Balaban J connectivity index is 1.89. The van der Waals surface area contributed by atoms with Crippen LogP contribution < -0.4 is 0 Å². The Bertz CT molecular complexity index is 308. The van der Waals surface area contributed by atoms with Crippen molar-refractivity contribution in [1.82, 2.24) is 4.90 Å². The van der Waals surface area contributed by atoms with Crippen LogP contribution in [-0.4, -0.2) is 55.6 Å². The zero-order valence-electron chi connectivity index (χ0n) is 12.1. The molecular formula is C14H25NO4. The predicted molar refractivity (Wildman–Crippen MR) is 70.7 cm³/mol. The lowest BCUT2D eigenvalue weighted by Gasteiger charge is -2.40. The van der Waals surface area contributed by atoms with Crippen LogP contribution in [0.1, 0.15) is 39.5 Å². The van der Waals surface area contributed by atoms with Crippen molar-refractivity contribution in [3.8, 4) is 0 Å². The molecular weight excluding hydrogens is 246 g/mol. The van der Waals surface area contributed by atoms with Crippen molar-refractivity contribution in [3.63, 3.8) is 0 Å². The first kappa shape index (κ1) is 14.8. The molecule has 2 saturated heterocycles. The predicted octanol–water partition coefficient (Wildman–Crippen LogP) is 1.55. The highest BCUT2D eigenvalue weighted by Crippen LogP contribution is 2.28. The van der Waals surface area contributed by atoms with Gasteiger partial charge in [0, 0.05) is 6.04 Å². The SMILES string of the molecule is COC(=O)CC1COC(C2CCCCN2C(C)C)O1. The molecule has 5 heteroatoms. The summed E-state index contributed by atoms with van der Waals surface area (Å²) in [6.07, 6.45) is 3.49. The molecule has 3 atom stereocenters. The Hall–Kier alpha value is -0.650. The summed E-state index contributed by atoms with van der Waals surface area (Å²) in [7, 11) is 1.40. The van der Waals surface area contributed by atoms with Crippen LogP contribution in [0.15, 0.2) is 0 Å². The fourth-order valence-electron chi connectivity index (χ4n) is 2.96. The normalized spacial score (nSPS) is 32.7. The molecule has 2 heterocycles. The van der Waals surface area contributed by atoms with E-state index in [-0.39, 0.29) is 24.8 Å². The van der Waals surface area contributed by atoms with Crippen LogP contribution in [0.4, 0.5) is 0 Å². The lowest BCUT2D eigenvalue weighted by Crippen LogP contribution is -2.50. The summed E-state index contributed by atoms with van der Waals surface area (Å²) in [5.41, 5.74) is 0. The van der Waals surface area contributed by atoms with Gasteiger partial charge in [-0.05, 0) is 33.2 Å². The van der Waals surface area contributed by atoms with Gasteiger partial charge in [-0.3, -0.25) is 9.69 Å². The first-order valence-electron chi connectivity index (χ1n) is 7.21. The number of carbonyl (C=O) groups excluding carboxylic acids is 1. The summed E-state index contributed by atoms with van der Waals surface area (Å²) < 4.78 is 16.3. The van der Waals surface area contributed by atoms with Crippen LogP contribution in [0.3, 0.4) is 0 Å². The smallest absolute Gasteiger partial charge is 0.308 e. The van der Waals surface area contributed by atoms with Gasteiger partial charge in [0.1, 0.15) is 0 Å². The second kappa shape index (κ2) is 6.68. The number of ether oxygens (including phenoxy) is 3. The van der Waals surface area contributed by atoms with Gasteiger partial charge in [-0.2, -0.15) is 0 Å². The average Bonchev–Trinajstić information content (AvgIpc) is 2.86. The lowest BCUT2D eigenvalue weighted by atomic mass is 10.00. The van der Waals surface area contributed by atoms with E-state index in [1.165, 1.54) is 20.0 Å². The third-order valence-electron chi connectivity index (χ3n) is 3.96. The van der Waals surface area contributed by atoms with Crippen molar-refractivity contribution in [2.24, 2.45) is 0 Å². The fraction of sp³-hybridized carbons (Fsp3) is 0.929. The number of likely N-dealkylation sites (tertiary alicyclic amines) is 1. The Kier molecular flexibility index (Phi) is 5.19. The molecule has 5 nitrogen and oxygen atoms in total. The maximum absolute atomic E-state index is 11.3. The van der Waals surface area contributed by atoms with Crippen molar-refractivity contribution in [2.45, 2.75) is 64.0 Å². The number of rotatable bonds is 4. The first-order chi connectivity index (χ1) is 9.11. The van der Waals surface area contributed by atoms with Gasteiger partial charge in [-0.15, -0.1) is 0 Å². The summed E-state index contributed by atoms with van der Waals surface area (Å²) >= 11 is 0. The van der Waals surface area contributed by atoms with Crippen molar-refractivity contribution in [3.05, 3.63) is 0 Å². The van der Waals surface area contributed by atoms with Gasteiger partial charge in [0.05, 0.1) is 32.3 Å². The van der Waals surface area contributed by atoms with E-state index in [2.05, 4.69) is 23.5 Å². The molecule has 110 valence electrons. The minimum absolute atomic E-state index is 0.159. The number of esters is 1. The molecule has 0 aromatic carbocycles. The average molecular weight is 271 g/mol. The first-order valence-corrected chi connectivity index (χ1v) is 7.21. The van der Waals surface area contributed by atoms with Gasteiger partial charge in [0.2, 0.25) is 0 Å². The van der Waals surface area contributed by atoms with E-state index < -0.39 is 0 Å². The molecule has 3 unspecified atom stereocenters. The Morgan fingerprint density at radius 2 is 2.21 bits per heavy atom. The molecule has 19 heavy (non-hydrogen) atoms. The molecule has 0 aliphatic carbocycles. The highest BCUT2D eigenvalue weighted by molar-refractivity contribution is 5.69. The van der Waals surface area contributed by atoms with Gasteiger partial charge in [0.15, 0.2) is 6.29 Å². The molecule has 0 radical (unpaired) electrons. The number of hydrogen-bond acceptors (Lipinski definition) is 5. The van der Waals surface area contributed by atoms with Crippen molar-refractivity contribution in [1.29, 1.82) is 0 Å². The summed E-state index contributed by atoms with van der Waals surface area (Å²) in [6, 6.07) is 0.813.